The second-order valence-electron chi connectivity index (χ2n) is 8.94. The molecular weight excluding hydrogens is 387 g/mol. The summed E-state index contributed by atoms with van der Waals surface area (Å²) in [6, 6.07) is 23.8. The first-order chi connectivity index (χ1) is 14.3. The third-order valence-electron chi connectivity index (χ3n) is 6.36. The Morgan fingerprint density at radius 2 is 1.27 bits per heavy atom. The molecule has 0 amide bonds. The highest BCUT2D eigenvalue weighted by Crippen LogP contribution is 2.39. The molecule has 2 aliphatic heterocycles. The van der Waals surface area contributed by atoms with Crippen molar-refractivity contribution in [1.82, 2.24) is 0 Å². The van der Waals surface area contributed by atoms with Crippen molar-refractivity contribution in [1.29, 1.82) is 0 Å². The predicted molar refractivity (Wildman–Crippen MR) is 127 cm³/mol. The molecule has 1 fully saturated rings. The van der Waals surface area contributed by atoms with Gasteiger partial charge in [-0.05, 0) is 67.5 Å². The van der Waals surface area contributed by atoms with Crippen molar-refractivity contribution in [3.05, 3.63) is 77.9 Å². The van der Waals surface area contributed by atoms with E-state index >= 15 is 0 Å². The maximum Gasteiger partial charge on any atom is 0.494 e. The summed E-state index contributed by atoms with van der Waals surface area (Å²) in [7, 11) is -0.326. The van der Waals surface area contributed by atoms with Gasteiger partial charge in [-0.1, -0.05) is 78.5 Å². The maximum absolute atomic E-state index is 6.18. The van der Waals surface area contributed by atoms with Crippen LogP contribution in [-0.2, 0) is 9.31 Å². The van der Waals surface area contributed by atoms with E-state index in [1.807, 2.05) is 11.8 Å². The van der Waals surface area contributed by atoms with E-state index in [1.54, 1.807) is 0 Å². The van der Waals surface area contributed by atoms with E-state index < -0.39 is 0 Å². The summed E-state index contributed by atoms with van der Waals surface area (Å²) in [5.74, 6) is 0. The van der Waals surface area contributed by atoms with E-state index in [0.29, 0.717) is 0 Å². The average molecular weight is 412 g/mol. The normalized spacial score (nSPS) is 18.6. The van der Waals surface area contributed by atoms with E-state index in [2.05, 4.69) is 107 Å². The smallest absolute Gasteiger partial charge is 0.399 e. The molecule has 5 rings (SSSR count). The Balaban J connectivity index is 1.42. The predicted octanol–water partition coefficient (Wildman–Crippen LogP) is 6.29. The largest absolute Gasteiger partial charge is 0.494 e. The van der Waals surface area contributed by atoms with Crippen LogP contribution < -0.4 is 5.46 Å². The zero-order chi connectivity index (χ0) is 20.9. The molecule has 0 aromatic heterocycles. The van der Waals surface area contributed by atoms with Gasteiger partial charge in [-0.25, -0.2) is 0 Å². The van der Waals surface area contributed by atoms with Crippen LogP contribution in [0.3, 0.4) is 0 Å². The van der Waals surface area contributed by atoms with Gasteiger partial charge in [-0.2, -0.15) is 0 Å². The lowest BCUT2D eigenvalue weighted by molar-refractivity contribution is 0.00578. The lowest BCUT2D eigenvalue weighted by Crippen LogP contribution is -2.41. The Hall–Kier alpha value is -2.27. The average Bonchev–Trinajstić information content (AvgIpc) is 2.86. The third-order valence-corrected chi connectivity index (χ3v) is 7.53. The summed E-state index contributed by atoms with van der Waals surface area (Å²) in [5, 5.41) is 0. The van der Waals surface area contributed by atoms with Crippen molar-refractivity contribution in [3.63, 3.8) is 0 Å². The standard InChI is InChI=1S/C26H25BO2S/c1-25(2)26(3,4)29-27(28-25)22-15-13-18(14-16-22)21-12-11-20-10-9-19-7-5-6-8-23(19)30-24(20)17-21/h5-17H,1-4H3. The van der Waals surface area contributed by atoms with Crippen LogP contribution in [0.25, 0.3) is 23.3 Å². The maximum atomic E-state index is 6.18. The molecule has 150 valence electrons. The zero-order valence-corrected chi connectivity index (χ0v) is 18.6. The van der Waals surface area contributed by atoms with E-state index in [9.17, 15) is 0 Å². The lowest BCUT2D eigenvalue weighted by atomic mass is 9.78. The molecule has 0 unspecified atom stereocenters. The van der Waals surface area contributed by atoms with Gasteiger partial charge in [0.2, 0.25) is 0 Å². The highest BCUT2D eigenvalue weighted by molar-refractivity contribution is 7.99. The van der Waals surface area contributed by atoms with Crippen LogP contribution in [0.4, 0.5) is 0 Å². The molecule has 0 spiro atoms. The summed E-state index contributed by atoms with van der Waals surface area (Å²) in [4.78, 5) is 2.57. The molecule has 4 heteroatoms. The van der Waals surface area contributed by atoms with Crippen molar-refractivity contribution in [3.8, 4) is 11.1 Å². The molecule has 0 N–H and O–H groups in total. The first-order valence-electron chi connectivity index (χ1n) is 10.4. The summed E-state index contributed by atoms with van der Waals surface area (Å²) in [5.41, 5.74) is 5.34. The summed E-state index contributed by atoms with van der Waals surface area (Å²) >= 11 is 1.83. The Kier molecular flexibility index (Phi) is 4.70. The van der Waals surface area contributed by atoms with Gasteiger partial charge in [0.15, 0.2) is 0 Å². The monoisotopic (exact) mass is 412 g/mol. The molecule has 30 heavy (non-hydrogen) atoms. The molecule has 3 aromatic carbocycles. The molecule has 2 aliphatic rings. The Labute approximate surface area is 183 Å². The van der Waals surface area contributed by atoms with Gasteiger partial charge in [0.25, 0.3) is 0 Å². The SMILES string of the molecule is CC1(C)OB(c2ccc(-c3ccc4c(c3)Sc3ccccc3C=C4)cc2)OC1(C)C. The molecule has 1 saturated heterocycles. The second kappa shape index (κ2) is 7.16. The van der Waals surface area contributed by atoms with Gasteiger partial charge in [-0.15, -0.1) is 0 Å². The van der Waals surface area contributed by atoms with Gasteiger partial charge in [0, 0.05) is 9.79 Å². The van der Waals surface area contributed by atoms with Crippen LogP contribution in [-0.4, -0.2) is 18.3 Å². The van der Waals surface area contributed by atoms with Gasteiger partial charge in [0.05, 0.1) is 11.2 Å². The van der Waals surface area contributed by atoms with Gasteiger partial charge >= 0.3 is 7.12 Å². The van der Waals surface area contributed by atoms with Gasteiger partial charge in [-0.3, -0.25) is 0 Å². The summed E-state index contributed by atoms with van der Waals surface area (Å²) < 4.78 is 12.4. The van der Waals surface area contributed by atoms with Crippen molar-refractivity contribution in [2.75, 3.05) is 0 Å². The molecule has 3 aromatic rings. The van der Waals surface area contributed by atoms with E-state index in [4.69, 9.17) is 9.31 Å². The second-order valence-corrected chi connectivity index (χ2v) is 10.0. The molecule has 0 bridgehead atoms. The quantitative estimate of drug-likeness (QED) is 0.361. The van der Waals surface area contributed by atoms with Crippen LogP contribution in [0.2, 0.25) is 0 Å². The van der Waals surface area contributed by atoms with Crippen LogP contribution >= 0.6 is 11.8 Å². The minimum atomic E-state index is -0.326. The molecule has 2 nitrogen and oxygen atoms in total. The van der Waals surface area contributed by atoms with Crippen molar-refractivity contribution >= 4 is 36.5 Å². The topological polar surface area (TPSA) is 18.5 Å². The summed E-state index contributed by atoms with van der Waals surface area (Å²) in [6.07, 6.45) is 4.41. The molecule has 0 aliphatic carbocycles. The number of fused-ring (bicyclic) bond motifs is 2. The van der Waals surface area contributed by atoms with Crippen LogP contribution in [0, 0.1) is 0 Å². The minimum absolute atomic E-state index is 0.325. The van der Waals surface area contributed by atoms with Crippen molar-refractivity contribution < 1.29 is 9.31 Å². The van der Waals surface area contributed by atoms with Crippen molar-refractivity contribution in [2.24, 2.45) is 0 Å². The number of hydrogen-bond donors (Lipinski definition) is 0. The number of rotatable bonds is 2. The highest BCUT2D eigenvalue weighted by Gasteiger charge is 2.51. The van der Waals surface area contributed by atoms with Crippen molar-refractivity contribution in [2.45, 2.75) is 48.7 Å². The summed E-state index contributed by atoms with van der Waals surface area (Å²) in [6.45, 7) is 8.34. The Morgan fingerprint density at radius 3 is 1.97 bits per heavy atom. The van der Waals surface area contributed by atoms with E-state index in [0.717, 1.165) is 5.46 Å². The highest BCUT2D eigenvalue weighted by atomic mass is 32.2. The fourth-order valence-corrected chi connectivity index (χ4v) is 4.84. The molecule has 2 heterocycles. The molecule has 0 radical (unpaired) electrons. The molecular formula is C26H25BO2S. The zero-order valence-electron chi connectivity index (χ0n) is 17.8. The fraction of sp³-hybridized carbons (Fsp3) is 0.231. The third kappa shape index (κ3) is 3.43. The first-order valence-corrected chi connectivity index (χ1v) is 11.2. The molecule has 0 saturated carbocycles. The lowest BCUT2D eigenvalue weighted by Gasteiger charge is -2.32. The van der Waals surface area contributed by atoms with E-state index in [-0.39, 0.29) is 18.3 Å². The molecule has 0 atom stereocenters. The van der Waals surface area contributed by atoms with Crippen LogP contribution in [0.1, 0.15) is 38.8 Å². The minimum Gasteiger partial charge on any atom is -0.399 e. The van der Waals surface area contributed by atoms with Crippen LogP contribution in [0.15, 0.2) is 76.5 Å². The van der Waals surface area contributed by atoms with E-state index in [1.165, 1.54) is 32.0 Å². The Bertz CT molecular complexity index is 1120. The van der Waals surface area contributed by atoms with Gasteiger partial charge < -0.3 is 9.31 Å². The fourth-order valence-electron chi connectivity index (χ4n) is 3.76. The van der Waals surface area contributed by atoms with Crippen LogP contribution in [0.5, 0.6) is 0 Å². The number of benzene rings is 3. The Morgan fingerprint density at radius 1 is 0.667 bits per heavy atom. The number of hydrogen-bond acceptors (Lipinski definition) is 3. The van der Waals surface area contributed by atoms with Gasteiger partial charge in [0.1, 0.15) is 0 Å². The first kappa shape index (κ1) is 19.7.